The molecule has 3 aromatic heterocycles. The molecule has 4 rings (SSSR count). The van der Waals surface area contributed by atoms with E-state index in [0.717, 1.165) is 27.1 Å². The van der Waals surface area contributed by atoms with Gasteiger partial charge in [0.15, 0.2) is 5.65 Å². The number of para-hydroxylation sites is 1. The van der Waals surface area contributed by atoms with E-state index in [1.807, 2.05) is 49.7 Å². The first kappa shape index (κ1) is 17.8. The number of anilines is 1. The summed E-state index contributed by atoms with van der Waals surface area (Å²) >= 11 is 2.65. The standard InChI is InChI=1S/C17H17N7OS2/c1-4-12(15(25)19-17-22-20-9(2)26-17)27-16-18-14-13(21-23-16)10-7-5-6-8-11(10)24(14)3/h5-8,12H,4H2,1-3H3,(H,19,22,25)/t12-/m1/s1. The Bertz CT molecular complexity index is 1140. The van der Waals surface area contributed by atoms with E-state index in [-0.39, 0.29) is 11.2 Å². The number of nitrogens with zero attached hydrogens (tertiary/aromatic N) is 6. The third kappa shape index (κ3) is 3.37. The maximum atomic E-state index is 12.6. The van der Waals surface area contributed by atoms with Gasteiger partial charge in [-0.05, 0) is 19.4 Å². The van der Waals surface area contributed by atoms with E-state index in [4.69, 9.17) is 0 Å². The molecule has 0 fully saturated rings. The number of carbonyl (C=O) groups excluding carboxylic acids is 1. The second-order valence-electron chi connectivity index (χ2n) is 5.97. The van der Waals surface area contributed by atoms with Gasteiger partial charge in [0.2, 0.25) is 16.2 Å². The minimum absolute atomic E-state index is 0.139. The van der Waals surface area contributed by atoms with Crippen molar-refractivity contribution in [2.75, 3.05) is 5.32 Å². The van der Waals surface area contributed by atoms with Gasteiger partial charge in [0.25, 0.3) is 0 Å². The molecule has 0 unspecified atom stereocenters. The number of rotatable bonds is 5. The molecule has 0 bridgehead atoms. The summed E-state index contributed by atoms with van der Waals surface area (Å²) in [6.07, 6.45) is 0.630. The van der Waals surface area contributed by atoms with Gasteiger partial charge < -0.3 is 4.57 Å². The number of benzene rings is 1. The van der Waals surface area contributed by atoms with Crippen LogP contribution in [-0.2, 0) is 11.8 Å². The fourth-order valence-electron chi connectivity index (χ4n) is 2.82. The van der Waals surface area contributed by atoms with Crippen LogP contribution in [0.2, 0.25) is 0 Å². The van der Waals surface area contributed by atoms with Gasteiger partial charge in [0.1, 0.15) is 10.5 Å². The first-order chi connectivity index (χ1) is 13.1. The Morgan fingerprint density at radius 2 is 2.07 bits per heavy atom. The fraction of sp³-hybridized carbons (Fsp3) is 0.294. The van der Waals surface area contributed by atoms with E-state index in [2.05, 4.69) is 30.7 Å². The molecule has 1 N–H and O–H groups in total. The fourth-order valence-corrected chi connectivity index (χ4v) is 4.23. The Hall–Kier alpha value is -2.59. The third-order valence-corrected chi connectivity index (χ3v) is 6.12. The minimum atomic E-state index is -0.344. The van der Waals surface area contributed by atoms with E-state index >= 15 is 0 Å². The first-order valence-corrected chi connectivity index (χ1v) is 10.1. The predicted molar refractivity (Wildman–Crippen MR) is 107 cm³/mol. The van der Waals surface area contributed by atoms with Crippen LogP contribution in [0.5, 0.6) is 0 Å². The van der Waals surface area contributed by atoms with Crippen LogP contribution < -0.4 is 5.32 Å². The molecule has 1 aromatic carbocycles. The summed E-state index contributed by atoms with van der Waals surface area (Å²) in [4.78, 5) is 17.2. The van der Waals surface area contributed by atoms with Crippen molar-refractivity contribution in [1.29, 1.82) is 0 Å². The maximum Gasteiger partial charge on any atom is 0.239 e. The van der Waals surface area contributed by atoms with Gasteiger partial charge in [-0.2, -0.15) is 0 Å². The molecule has 4 aromatic rings. The SMILES string of the molecule is CC[C@@H](Sc1nnc2c3ccccc3n(C)c2n1)C(=O)Nc1nnc(C)s1. The number of fused-ring (bicyclic) bond motifs is 3. The van der Waals surface area contributed by atoms with Gasteiger partial charge in [-0.15, -0.1) is 20.4 Å². The van der Waals surface area contributed by atoms with Crippen LogP contribution >= 0.6 is 23.1 Å². The lowest BCUT2D eigenvalue weighted by atomic mass is 10.2. The highest BCUT2D eigenvalue weighted by molar-refractivity contribution is 8.00. The molecular weight excluding hydrogens is 382 g/mol. The molecule has 8 nitrogen and oxygen atoms in total. The molecule has 10 heteroatoms. The molecule has 0 saturated carbocycles. The number of aryl methyl sites for hydroxylation is 2. The Kier molecular flexibility index (Phi) is 4.75. The second kappa shape index (κ2) is 7.20. The summed E-state index contributed by atoms with van der Waals surface area (Å²) < 4.78 is 1.99. The smallest absolute Gasteiger partial charge is 0.239 e. The predicted octanol–water partition coefficient (Wildman–Crippen LogP) is 3.19. The summed E-state index contributed by atoms with van der Waals surface area (Å²) in [7, 11) is 1.95. The Balaban J connectivity index is 1.60. The van der Waals surface area contributed by atoms with Crippen molar-refractivity contribution in [3.8, 4) is 0 Å². The average molecular weight is 400 g/mol. The van der Waals surface area contributed by atoms with Gasteiger partial charge in [-0.1, -0.05) is 48.2 Å². The molecule has 0 aliphatic rings. The monoisotopic (exact) mass is 399 g/mol. The summed E-state index contributed by atoms with van der Waals surface area (Å²) in [6.45, 7) is 3.79. The summed E-state index contributed by atoms with van der Waals surface area (Å²) in [5.74, 6) is -0.139. The zero-order chi connectivity index (χ0) is 19.0. The van der Waals surface area contributed by atoms with E-state index in [1.165, 1.54) is 23.1 Å². The highest BCUT2D eigenvalue weighted by Crippen LogP contribution is 2.28. The zero-order valence-electron chi connectivity index (χ0n) is 15.0. The van der Waals surface area contributed by atoms with Crippen LogP contribution in [-0.4, -0.2) is 41.1 Å². The second-order valence-corrected chi connectivity index (χ2v) is 8.32. The highest BCUT2D eigenvalue weighted by atomic mass is 32.2. The molecule has 1 atom stereocenters. The molecule has 138 valence electrons. The van der Waals surface area contributed by atoms with Crippen LogP contribution in [0.4, 0.5) is 5.13 Å². The van der Waals surface area contributed by atoms with Crippen LogP contribution in [0.3, 0.4) is 0 Å². The van der Waals surface area contributed by atoms with Crippen molar-refractivity contribution in [2.24, 2.45) is 7.05 Å². The summed E-state index contributed by atoms with van der Waals surface area (Å²) in [5, 5.41) is 21.7. The molecular formula is C17H17N7OS2. The van der Waals surface area contributed by atoms with Gasteiger partial charge in [0.05, 0.1) is 10.8 Å². The normalized spacial score (nSPS) is 12.6. The van der Waals surface area contributed by atoms with Crippen molar-refractivity contribution >= 4 is 56.2 Å². The molecule has 0 saturated heterocycles. The van der Waals surface area contributed by atoms with Crippen LogP contribution in [0, 0.1) is 6.92 Å². The van der Waals surface area contributed by atoms with E-state index < -0.39 is 0 Å². The topological polar surface area (TPSA) is 98.5 Å². The highest BCUT2D eigenvalue weighted by Gasteiger charge is 2.22. The number of thioether (sulfide) groups is 1. The number of hydrogen-bond donors (Lipinski definition) is 1. The zero-order valence-corrected chi connectivity index (χ0v) is 16.6. The lowest BCUT2D eigenvalue weighted by Crippen LogP contribution is -2.24. The van der Waals surface area contributed by atoms with Gasteiger partial charge in [-0.3, -0.25) is 10.1 Å². The minimum Gasteiger partial charge on any atom is -0.327 e. The number of amides is 1. The third-order valence-electron chi connectivity index (χ3n) is 4.15. The maximum absolute atomic E-state index is 12.6. The lowest BCUT2D eigenvalue weighted by molar-refractivity contribution is -0.115. The molecule has 0 aliphatic heterocycles. The average Bonchev–Trinajstić information content (AvgIpc) is 3.21. The first-order valence-electron chi connectivity index (χ1n) is 8.42. The van der Waals surface area contributed by atoms with Crippen molar-refractivity contribution < 1.29 is 4.79 Å². The van der Waals surface area contributed by atoms with Gasteiger partial charge in [0, 0.05) is 12.4 Å². The Labute approximate surface area is 163 Å². The van der Waals surface area contributed by atoms with Crippen LogP contribution in [0.15, 0.2) is 29.4 Å². The summed E-state index contributed by atoms with van der Waals surface area (Å²) in [5.41, 5.74) is 2.57. The Morgan fingerprint density at radius 3 is 2.81 bits per heavy atom. The van der Waals surface area contributed by atoms with Gasteiger partial charge in [-0.25, -0.2) is 4.98 Å². The number of hydrogen-bond acceptors (Lipinski definition) is 8. The van der Waals surface area contributed by atoms with E-state index in [0.29, 0.717) is 16.7 Å². The molecule has 0 aliphatic carbocycles. The van der Waals surface area contributed by atoms with Crippen molar-refractivity contribution in [3.05, 3.63) is 29.3 Å². The molecule has 0 radical (unpaired) electrons. The number of carbonyl (C=O) groups is 1. The van der Waals surface area contributed by atoms with Crippen molar-refractivity contribution in [3.63, 3.8) is 0 Å². The molecule has 1 amide bonds. The van der Waals surface area contributed by atoms with Crippen LogP contribution in [0.1, 0.15) is 18.4 Å². The van der Waals surface area contributed by atoms with Crippen molar-refractivity contribution in [1.82, 2.24) is 29.9 Å². The number of nitrogens with one attached hydrogen (secondary N) is 1. The van der Waals surface area contributed by atoms with Crippen molar-refractivity contribution in [2.45, 2.75) is 30.7 Å². The van der Waals surface area contributed by atoms with E-state index in [1.54, 1.807) is 0 Å². The molecule has 3 heterocycles. The van der Waals surface area contributed by atoms with Crippen LogP contribution in [0.25, 0.3) is 22.1 Å². The molecule has 27 heavy (non-hydrogen) atoms. The van der Waals surface area contributed by atoms with Gasteiger partial charge >= 0.3 is 0 Å². The summed E-state index contributed by atoms with van der Waals surface area (Å²) in [6, 6.07) is 7.99. The Morgan fingerprint density at radius 1 is 1.26 bits per heavy atom. The largest absolute Gasteiger partial charge is 0.327 e. The quantitative estimate of drug-likeness (QED) is 0.515. The number of aromatic nitrogens is 6. The molecule has 0 spiro atoms. The lowest BCUT2D eigenvalue weighted by Gasteiger charge is -2.11. The van der Waals surface area contributed by atoms with E-state index in [9.17, 15) is 4.79 Å².